The second kappa shape index (κ2) is 6.55. The van der Waals surface area contributed by atoms with Gasteiger partial charge in [-0.15, -0.1) is 0 Å². The molecule has 0 saturated carbocycles. The fourth-order valence-corrected chi connectivity index (χ4v) is 1.45. The number of unbranched alkanes of at least 4 members (excludes halogenated alkanes) is 1. The molecule has 3 heteroatoms. The van der Waals surface area contributed by atoms with E-state index in [2.05, 4.69) is 6.92 Å². The SMILES string of the molecule is CCCCc1cccc(C(=O)OOC(C)(C)C)c1. The highest BCUT2D eigenvalue weighted by atomic mass is 17.2. The standard InChI is InChI=1S/C15H22O3/c1-5-6-8-12-9-7-10-13(11-12)14(16)17-18-15(2,3)4/h7,9-11H,5-6,8H2,1-4H3. The lowest BCUT2D eigenvalue weighted by atomic mass is 10.1. The summed E-state index contributed by atoms with van der Waals surface area (Å²) in [4.78, 5) is 21.6. The van der Waals surface area contributed by atoms with E-state index in [0.717, 1.165) is 24.8 Å². The molecular weight excluding hydrogens is 228 g/mol. The van der Waals surface area contributed by atoms with Crippen LogP contribution >= 0.6 is 0 Å². The van der Waals surface area contributed by atoms with Gasteiger partial charge in [0.15, 0.2) is 0 Å². The highest BCUT2D eigenvalue weighted by Gasteiger charge is 2.16. The Kier molecular flexibility index (Phi) is 5.35. The van der Waals surface area contributed by atoms with Crippen LogP contribution in [0.5, 0.6) is 0 Å². The lowest BCUT2D eigenvalue weighted by molar-refractivity contribution is -0.301. The van der Waals surface area contributed by atoms with Gasteiger partial charge in [0, 0.05) is 0 Å². The molecule has 0 aromatic heterocycles. The molecule has 0 N–H and O–H groups in total. The number of carbonyl (C=O) groups excluding carboxylic acids is 1. The number of hydrogen-bond donors (Lipinski definition) is 0. The van der Waals surface area contributed by atoms with Gasteiger partial charge in [0.1, 0.15) is 5.60 Å². The zero-order valence-corrected chi connectivity index (χ0v) is 11.7. The molecule has 0 saturated heterocycles. The van der Waals surface area contributed by atoms with Crippen molar-refractivity contribution in [1.29, 1.82) is 0 Å². The van der Waals surface area contributed by atoms with Crippen LogP contribution in [0.15, 0.2) is 24.3 Å². The van der Waals surface area contributed by atoms with Crippen LogP contribution in [0, 0.1) is 0 Å². The smallest absolute Gasteiger partial charge is 0.292 e. The molecule has 0 spiro atoms. The fraction of sp³-hybridized carbons (Fsp3) is 0.533. The minimum Gasteiger partial charge on any atom is -0.292 e. The Labute approximate surface area is 109 Å². The molecule has 0 aliphatic rings. The molecular formula is C15H22O3. The van der Waals surface area contributed by atoms with Crippen LogP contribution in [0.1, 0.15) is 56.5 Å². The summed E-state index contributed by atoms with van der Waals surface area (Å²) in [7, 11) is 0. The lowest BCUT2D eigenvalue weighted by Gasteiger charge is -2.16. The highest BCUT2D eigenvalue weighted by Crippen LogP contribution is 2.13. The maximum absolute atomic E-state index is 11.8. The van der Waals surface area contributed by atoms with Crippen LogP contribution in [-0.4, -0.2) is 11.6 Å². The molecule has 0 heterocycles. The van der Waals surface area contributed by atoms with Crippen molar-refractivity contribution in [2.75, 3.05) is 0 Å². The van der Waals surface area contributed by atoms with Crippen molar-refractivity contribution >= 4 is 5.97 Å². The van der Waals surface area contributed by atoms with Gasteiger partial charge in [0.05, 0.1) is 5.56 Å². The molecule has 3 nitrogen and oxygen atoms in total. The maximum atomic E-state index is 11.8. The number of rotatable bonds is 5. The highest BCUT2D eigenvalue weighted by molar-refractivity contribution is 5.89. The molecule has 0 unspecified atom stereocenters. The van der Waals surface area contributed by atoms with E-state index in [4.69, 9.17) is 9.78 Å². The minimum atomic E-state index is -0.491. The summed E-state index contributed by atoms with van der Waals surface area (Å²) < 4.78 is 0. The largest absolute Gasteiger partial charge is 0.373 e. The molecule has 1 aromatic rings. The van der Waals surface area contributed by atoms with Crippen LogP contribution in [0.25, 0.3) is 0 Å². The van der Waals surface area contributed by atoms with Crippen molar-refractivity contribution < 1.29 is 14.6 Å². The van der Waals surface area contributed by atoms with E-state index < -0.39 is 11.6 Å². The van der Waals surface area contributed by atoms with Crippen LogP contribution in [0.4, 0.5) is 0 Å². The third-order valence-electron chi connectivity index (χ3n) is 2.35. The molecule has 0 aliphatic heterocycles. The summed E-state index contributed by atoms with van der Waals surface area (Å²) in [5, 5.41) is 0. The minimum absolute atomic E-state index is 0.441. The topological polar surface area (TPSA) is 35.5 Å². The monoisotopic (exact) mass is 250 g/mol. The van der Waals surface area contributed by atoms with E-state index in [9.17, 15) is 4.79 Å². The first kappa shape index (κ1) is 14.7. The number of carbonyl (C=O) groups is 1. The molecule has 100 valence electrons. The van der Waals surface area contributed by atoms with Gasteiger partial charge in [0.25, 0.3) is 0 Å². The van der Waals surface area contributed by atoms with Crippen LogP contribution < -0.4 is 0 Å². The first-order valence-corrected chi connectivity index (χ1v) is 6.41. The second-order valence-corrected chi connectivity index (χ2v) is 5.37. The summed E-state index contributed by atoms with van der Waals surface area (Å²) in [5.74, 6) is -0.441. The van der Waals surface area contributed by atoms with Crippen molar-refractivity contribution in [2.45, 2.75) is 52.6 Å². The molecule has 18 heavy (non-hydrogen) atoms. The van der Waals surface area contributed by atoms with Gasteiger partial charge < -0.3 is 0 Å². The van der Waals surface area contributed by atoms with E-state index in [1.54, 1.807) is 6.07 Å². The average Bonchev–Trinajstić information content (AvgIpc) is 2.33. The third kappa shape index (κ3) is 5.32. The zero-order valence-electron chi connectivity index (χ0n) is 11.7. The number of benzene rings is 1. The van der Waals surface area contributed by atoms with E-state index in [0.29, 0.717) is 5.56 Å². The predicted molar refractivity (Wildman–Crippen MR) is 71.3 cm³/mol. The van der Waals surface area contributed by atoms with Gasteiger partial charge in [-0.25, -0.2) is 4.79 Å². The summed E-state index contributed by atoms with van der Waals surface area (Å²) in [6.45, 7) is 7.64. The van der Waals surface area contributed by atoms with E-state index in [1.165, 1.54) is 0 Å². The van der Waals surface area contributed by atoms with E-state index in [-0.39, 0.29) is 0 Å². The van der Waals surface area contributed by atoms with Gasteiger partial charge in [-0.2, -0.15) is 4.89 Å². The van der Waals surface area contributed by atoms with Gasteiger partial charge in [-0.1, -0.05) is 25.5 Å². The van der Waals surface area contributed by atoms with E-state index in [1.807, 2.05) is 39.0 Å². The molecule has 1 aromatic carbocycles. The number of aryl methyl sites for hydroxylation is 1. The summed E-state index contributed by atoms with van der Waals surface area (Å²) in [6.07, 6.45) is 3.25. The van der Waals surface area contributed by atoms with Gasteiger partial charge in [-0.3, -0.25) is 4.89 Å². The summed E-state index contributed by atoms with van der Waals surface area (Å²) >= 11 is 0. The van der Waals surface area contributed by atoms with Crippen LogP contribution in [-0.2, 0) is 16.2 Å². The second-order valence-electron chi connectivity index (χ2n) is 5.37. The average molecular weight is 250 g/mol. The molecule has 0 atom stereocenters. The predicted octanol–water partition coefficient (Wildman–Crippen LogP) is 3.92. The summed E-state index contributed by atoms with van der Waals surface area (Å²) in [6, 6.07) is 7.50. The Balaban J connectivity index is 2.62. The van der Waals surface area contributed by atoms with Crippen LogP contribution in [0.2, 0.25) is 0 Å². The van der Waals surface area contributed by atoms with Crippen molar-refractivity contribution in [3.63, 3.8) is 0 Å². The summed E-state index contributed by atoms with van der Waals surface area (Å²) in [5.41, 5.74) is 1.20. The van der Waals surface area contributed by atoms with Gasteiger partial charge in [0.2, 0.25) is 0 Å². The Hall–Kier alpha value is -1.35. The Morgan fingerprint density at radius 1 is 1.28 bits per heavy atom. The molecule has 0 bridgehead atoms. The fourth-order valence-electron chi connectivity index (χ4n) is 1.45. The normalized spacial score (nSPS) is 11.3. The first-order valence-electron chi connectivity index (χ1n) is 6.41. The molecule has 0 fully saturated rings. The Bertz CT molecular complexity index is 391. The van der Waals surface area contributed by atoms with Crippen molar-refractivity contribution in [3.8, 4) is 0 Å². The maximum Gasteiger partial charge on any atom is 0.373 e. The molecule has 0 amide bonds. The van der Waals surface area contributed by atoms with Crippen molar-refractivity contribution in [1.82, 2.24) is 0 Å². The first-order chi connectivity index (χ1) is 8.42. The van der Waals surface area contributed by atoms with Crippen molar-refractivity contribution in [3.05, 3.63) is 35.4 Å². The van der Waals surface area contributed by atoms with Gasteiger partial charge >= 0.3 is 5.97 Å². The Morgan fingerprint density at radius 2 is 2.00 bits per heavy atom. The van der Waals surface area contributed by atoms with Gasteiger partial charge in [-0.05, 0) is 51.3 Å². The Morgan fingerprint density at radius 3 is 2.61 bits per heavy atom. The quantitative estimate of drug-likeness (QED) is 0.587. The number of hydrogen-bond acceptors (Lipinski definition) is 3. The van der Waals surface area contributed by atoms with Crippen molar-refractivity contribution in [2.24, 2.45) is 0 Å². The molecule has 0 radical (unpaired) electrons. The third-order valence-corrected chi connectivity index (χ3v) is 2.35. The zero-order chi connectivity index (χ0) is 13.6. The lowest BCUT2D eigenvalue weighted by Crippen LogP contribution is -2.22. The molecule has 0 aliphatic carbocycles. The van der Waals surface area contributed by atoms with E-state index >= 15 is 0 Å². The van der Waals surface area contributed by atoms with Crippen LogP contribution in [0.3, 0.4) is 0 Å². The molecule has 1 rings (SSSR count).